The molecular weight excluding hydrogens is 400 g/mol. The predicted molar refractivity (Wildman–Crippen MR) is 109 cm³/mol. The number of aromatic nitrogens is 1. The van der Waals surface area contributed by atoms with E-state index in [1.165, 1.54) is 12.1 Å². The van der Waals surface area contributed by atoms with Crippen molar-refractivity contribution in [2.24, 2.45) is 6.26 Å². The monoisotopic (exact) mass is 425 g/mol. The zero-order valence-corrected chi connectivity index (χ0v) is 17.9. The molecule has 0 N–H and O–H groups in total. The van der Waals surface area contributed by atoms with Crippen LogP contribution in [0.1, 0.15) is 41.4 Å². The van der Waals surface area contributed by atoms with Crippen molar-refractivity contribution in [3.8, 4) is 5.88 Å². The summed E-state index contributed by atoms with van der Waals surface area (Å²) in [4.78, 5) is 19.3. The van der Waals surface area contributed by atoms with Gasteiger partial charge in [0.25, 0.3) is 0 Å². The van der Waals surface area contributed by atoms with Gasteiger partial charge in [0.1, 0.15) is 11.2 Å². The largest absolute Gasteiger partial charge is 0.459 e. The lowest BCUT2D eigenvalue weighted by Gasteiger charge is -2.23. The molecule has 1 atom stereocenters. The van der Waals surface area contributed by atoms with Gasteiger partial charge in [-0.05, 0) is 45.2 Å². The molecule has 0 amide bonds. The van der Waals surface area contributed by atoms with E-state index in [9.17, 15) is 13.2 Å². The van der Waals surface area contributed by atoms with Crippen molar-refractivity contribution in [3.63, 3.8) is 0 Å². The molecule has 3 rings (SSSR count). The number of carbonyl (C=O) groups is 1. The van der Waals surface area contributed by atoms with Crippen LogP contribution in [0.4, 0.5) is 5.13 Å². The summed E-state index contributed by atoms with van der Waals surface area (Å²) in [6, 6.07) is 6.34. The van der Waals surface area contributed by atoms with E-state index in [-0.39, 0.29) is 22.3 Å². The number of hydrogen-bond donors (Lipinski definition) is 0. The fraction of sp³-hybridized carbons (Fsp3) is 0.474. The van der Waals surface area contributed by atoms with Crippen LogP contribution in [0.3, 0.4) is 0 Å². The van der Waals surface area contributed by atoms with Crippen LogP contribution in [-0.4, -0.2) is 39.1 Å². The molecule has 1 aromatic carbocycles. The molecule has 2 heterocycles. The molecular formula is C19H25N2O5S2+. The average Bonchev–Trinajstić information content (AvgIpc) is 2.98. The number of benzene rings is 1. The number of nitrogens with zero attached hydrogens (tertiary/aromatic N) is 2. The molecule has 1 saturated heterocycles. The second kappa shape index (κ2) is 8.48. The van der Waals surface area contributed by atoms with Crippen LogP contribution in [0, 0.1) is 6.92 Å². The number of rotatable bonds is 6. The SMILES string of the molecule is CCOC(=O)c1c(OS(=O)(=O)c2ccc(C)cc2)nc(N2CCCCC2)[s+]1C. The lowest BCUT2D eigenvalue weighted by Crippen LogP contribution is -2.29. The van der Waals surface area contributed by atoms with E-state index in [0.29, 0.717) is 5.13 Å². The summed E-state index contributed by atoms with van der Waals surface area (Å²) in [5.41, 5.74) is 0.937. The van der Waals surface area contributed by atoms with Gasteiger partial charge in [0.15, 0.2) is 0 Å². The van der Waals surface area contributed by atoms with Crippen LogP contribution in [-0.2, 0) is 21.1 Å². The Morgan fingerprint density at radius 2 is 1.82 bits per heavy atom. The van der Waals surface area contributed by atoms with E-state index in [1.54, 1.807) is 19.1 Å². The van der Waals surface area contributed by atoms with Crippen LogP contribution in [0.5, 0.6) is 5.88 Å². The Bertz CT molecular complexity index is 945. The van der Waals surface area contributed by atoms with Crippen molar-refractivity contribution in [2.75, 3.05) is 24.6 Å². The zero-order valence-electron chi connectivity index (χ0n) is 16.3. The minimum Gasteiger partial charge on any atom is -0.459 e. The first-order chi connectivity index (χ1) is 13.3. The zero-order chi connectivity index (χ0) is 20.3. The summed E-state index contributed by atoms with van der Waals surface area (Å²) in [6.07, 6.45) is 5.10. The number of esters is 1. The molecule has 0 radical (unpaired) electrons. The smallest absolute Gasteiger partial charge is 0.397 e. The fourth-order valence-electron chi connectivity index (χ4n) is 3.10. The van der Waals surface area contributed by atoms with Gasteiger partial charge < -0.3 is 13.8 Å². The van der Waals surface area contributed by atoms with E-state index in [2.05, 4.69) is 9.88 Å². The van der Waals surface area contributed by atoms with E-state index >= 15 is 0 Å². The Labute approximate surface area is 168 Å². The minimum absolute atomic E-state index is 0.0198. The molecule has 1 aliphatic rings. The first kappa shape index (κ1) is 20.6. The van der Waals surface area contributed by atoms with Gasteiger partial charge >= 0.3 is 32.0 Å². The normalized spacial score (nSPS) is 15.4. The van der Waals surface area contributed by atoms with Gasteiger partial charge in [0, 0.05) is 23.6 Å². The van der Waals surface area contributed by atoms with Gasteiger partial charge in [-0.3, -0.25) is 0 Å². The maximum absolute atomic E-state index is 12.7. The van der Waals surface area contributed by atoms with Crippen molar-refractivity contribution >= 4 is 31.7 Å². The quantitative estimate of drug-likeness (QED) is 0.397. The summed E-state index contributed by atoms with van der Waals surface area (Å²) in [5, 5.41) is 0.692. The average molecular weight is 426 g/mol. The summed E-state index contributed by atoms with van der Waals surface area (Å²) in [7, 11) is -4.82. The molecule has 28 heavy (non-hydrogen) atoms. The van der Waals surface area contributed by atoms with Crippen molar-refractivity contribution in [3.05, 3.63) is 34.7 Å². The van der Waals surface area contributed by atoms with Gasteiger partial charge in [-0.1, -0.05) is 17.7 Å². The van der Waals surface area contributed by atoms with Gasteiger partial charge in [0.2, 0.25) is 0 Å². The molecule has 0 spiro atoms. The number of ether oxygens (including phenoxy) is 1. The third-order valence-electron chi connectivity index (χ3n) is 4.56. The Morgan fingerprint density at radius 3 is 2.43 bits per heavy atom. The van der Waals surface area contributed by atoms with Gasteiger partial charge in [-0.15, -0.1) is 4.98 Å². The highest BCUT2D eigenvalue weighted by Crippen LogP contribution is 2.42. The van der Waals surface area contributed by atoms with Crippen LogP contribution in [0.15, 0.2) is 29.2 Å². The van der Waals surface area contributed by atoms with E-state index in [1.807, 2.05) is 13.2 Å². The number of hydrogen-bond acceptors (Lipinski definition) is 7. The highest BCUT2D eigenvalue weighted by molar-refractivity contribution is 7.87. The first-order valence-electron chi connectivity index (χ1n) is 9.25. The second-order valence-corrected chi connectivity index (χ2v) is 10.00. The molecule has 1 aliphatic heterocycles. The third kappa shape index (κ3) is 4.30. The Morgan fingerprint density at radius 1 is 1.18 bits per heavy atom. The Kier molecular flexibility index (Phi) is 6.24. The molecule has 1 unspecified atom stereocenters. The van der Waals surface area contributed by atoms with Crippen molar-refractivity contribution in [2.45, 2.75) is 38.0 Å². The number of thiazole rings is 1. The van der Waals surface area contributed by atoms with E-state index < -0.39 is 26.6 Å². The highest BCUT2D eigenvalue weighted by atomic mass is 32.2. The van der Waals surface area contributed by atoms with Gasteiger partial charge in [0.05, 0.1) is 6.61 Å². The second-order valence-electron chi connectivity index (χ2n) is 6.66. The summed E-state index contributed by atoms with van der Waals surface area (Å²) >= 11 is 0. The molecule has 0 bridgehead atoms. The van der Waals surface area contributed by atoms with Crippen molar-refractivity contribution in [1.82, 2.24) is 4.98 Å². The number of carbonyl (C=O) groups excluding carboxylic acids is 1. The van der Waals surface area contributed by atoms with Crippen molar-refractivity contribution < 1.29 is 22.1 Å². The highest BCUT2D eigenvalue weighted by Gasteiger charge is 2.39. The van der Waals surface area contributed by atoms with Crippen LogP contribution < -0.4 is 9.08 Å². The van der Waals surface area contributed by atoms with Gasteiger partial charge in [-0.25, -0.2) is 4.79 Å². The molecule has 7 nitrogen and oxygen atoms in total. The van der Waals surface area contributed by atoms with Crippen LogP contribution >= 0.6 is 10.5 Å². The molecule has 0 aliphatic carbocycles. The van der Waals surface area contributed by atoms with Crippen LogP contribution in [0.2, 0.25) is 0 Å². The summed E-state index contributed by atoms with van der Waals surface area (Å²) < 4.78 is 35.9. The Balaban J connectivity index is 2.00. The maximum atomic E-state index is 12.7. The Hall–Kier alpha value is -2.13. The minimum atomic E-state index is -4.11. The first-order valence-corrected chi connectivity index (χ1v) is 12.3. The molecule has 1 aromatic heterocycles. The van der Waals surface area contributed by atoms with Gasteiger partial charge in [-0.2, -0.15) is 8.42 Å². The lowest BCUT2D eigenvalue weighted by molar-refractivity contribution is 0.0529. The summed E-state index contributed by atoms with van der Waals surface area (Å²) in [6.45, 7) is 5.44. The topological polar surface area (TPSA) is 85.8 Å². The lowest BCUT2D eigenvalue weighted by atomic mass is 10.1. The van der Waals surface area contributed by atoms with Crippen LogP contribution in [0.25, 0.3) is 0 Å². The fourth-order valence-corrected chi connectivity index (χ4v) is 5.68. The molecule has 2 aromatic rings. The summed E-state index contributed by atoms with van der Waals surface area (Å²) in [5.74, 6) is -0.761. The standard InChI is InChI=1S/C19H25N2O5S2/c1-4-25-18(22)16-17(20-19(27(16)3)21-12-6-5-7-13-21)26-28(23,24)15-10-8-14(2)9-11-15/h8-11H,4-7,12-13H2,1-3H3/q+1. The maximum Gasteiger partial charge on any atom is 0.397 e. The van der Waals surface area contributed by atoms with E-state index in [0.717, 1.165) is 37.9 Å². The molecule has 152 valence electrons. The number of piperidine rings is 1. The van der Waals surface area contributed by atoms with E-state index in [4.69, 9.17) is 8.92 Å². The number of anilines is 1. The number of aryl methyl sites for hydroxylation is 1. The predicted octanol–water partition coefficient (Wildman–Crippen LogP) is 3.61. The third-order valence-corrected chi connectivity index (χ3v) is 7.63. The van der Waals surface area contributed by atoms with Crippen molar-refractivity contribution in [1.29, 1.82) is 0 Å². The molecule has 9 heteroatoms. The molecule has 1 fully saturated rings. The molecule has 0 saturated carbocycles.